The third-order valence-corrected chi connectivity index (χ3v) is 2.44. The number of amides is 1. The van der Waals surface area contributed by atoms with Crippen molar-refractivity contribution in [3.8, 4) is 0 Å². The predicted molar refractivity (Wildman–Crippen MR) is 43.2 cm³/mol. The van der Waals surface area contributed by atoms with Crippen LogP contribution in [0.15, 0.2) is 11.8 Å². The molecule has 0 saturated carbocycles. The Kier molecular flexibility index (Phi) is 1.71. The van der Waals surface area contributed by atoms with Gasteiger partial charge in [0.25, 0.3) is 0 Å². The average molecular weight is 165 g/mol. The molecule has 0 spiro atoms. The summed E-state index contributed by atoms with van der Waals surface area (Å²) in [4.78, 5) is 22.3. The van der Waals surface area contributed by atoms with Crippen LogP contribution in [0.2, 0.25) is 0 Å². The Morgan fingerprint density at radius 1 is 1.42 bits per heavy atom. The summed E-state index contributed by atoms with van der Waals surface area (Å²) < 4.78 is 0. The molecule has 1 heterocycles. The number of rotatable bonds is 0. The van der Waals surface area contributed by atoms with E-state index in [0.29, 0.717) is 0 Å². The first-order chi connectivity index (χ1) is 5.77. The predicted octanol–water partition coefficient (Wildman–Crippen LogP) is 0.759. The molecule has 0 aromatic rings. The fourth-order valence-electron chi connectivity index (χ4n) is 1.84. The zero-order chi connectivity index (χ0) is 8.55. The maximum absolute atomic E-state index is 11.3. The second-order valence-electron chi connectivity index (χ2n) is 3.33. The standard InChI is InChI=1S/C9H11NO2/c11-8-5-9(12)10-7-4-2-1-3-6(7)8/h4,6H,1-3,5H2,(H,10,12). The molecule has 0 bridgehead atoms. The molecule has 0 radical (unpaired) electrons. The van der Waals surface area contributed by atoms with Crippen LogP contribution < -0.4 is 5.32 Å². The maximum atomic E-state index is 11.3. The number of carbonyl (C=O) groups is 2. The molecule has 1 fully saturated rings. The lowest BCUT2D eigenvalue weighted by atomic mass is 9.85. The molecule has 64 valence electrons. The van der Waals surface area contributed by atoms with E-state index in [1.807, 2.05) is 6.08 Å². The number of Topliss-reactive ketones (excluding diaryl/α,β-unsaturated/α-hetero) is 1. The van der Waals surface area contributed by atoms with Gasteiger partial charge in [-0.05, 0) is 19.3 Å². The van der Waals surface area contributed by atoms with Crippen molar-refractivity contribution in [3.63, 3.8) is 0 Å². The molecular weight excluding hydrogens is 154 g/mol. The van der Waals surface area contributed by atoms with Crippen molar-refractivity contribution in [1.82, 2.24) is 5.32 Å². The van der Waals surface area contributed by atoms with Crippen molar-refractivity contribution in [1.29, 1.82) is 0 Å². The van der Waals surface area contributed by atoms with Crippen molar-refractivity contribution in [2.75, 3.05) is 0 Å². The number of allylic oxidation sites excluding steroid dienone is 2. The minimum absolute atomic E-state index is 0.00329. The summed E-state index contributed by atoms with van der Waals surface area (Å²) in [5.41, 5.74) is 0.850. The van der Waals surface area contributed by atoms with E-state index in [1.54, 1.807) is 0 Å². The van der Waals surface area contributed by atoms with Crippen LogP contribution >= 0.6 is 0 Å². The topological polar surface area (TPSA) is 46.2 Å². The fraction of sp³-hybridized carbons (Fsp3) is 0.556. The normalized spacial score (nSPS) is 29.0. The molecule has 12 heavy (non-hydrogen) atoms. The highest BCUT2D eigenvalue weighted by molar-refractivity contribution is 6.04. The van der Waals surface area contributed by atoms with Crippen LogP contribution in [0.25, 0.3) is 0 Å². The van der Waals surface area contributed by atoms with Gasteiger partial charge in [0.05, 0.1) is 12.3 Å². The number of fused-ring (bicyclic) bond motifs is 1. The first-order valence-electron chi connectivity index (χ1n) is 4.30. The van der Waals surface area contributed by atoms with E-state index < -0.39 is 0 Å². The first-order valence-corrected chi connectivity index (χ1v) is 4.30. The Hall–Kier alpha value is -1.12. The van der Waals surface area contributed by atoms with E-state index in [4.69, 9.17) is 0 Å². The molecule has 1 saturated heterocycles. The average Bonchev–Trinajstić information content (AvgIpc) is 2.04. The first kappa shape index (κ1) is 7.53. The van der Waals surface area contributed by atoms with Gasteiger partial charge in [-0.1, -0.05) is 6.08 Å². The Bertz CT molecular complexity index is 268. The largest absolute Gasteiger partial charge is 0.329 e. The van der Waals surface area contributed by atoms with Gasteiger partial charge >= 0.3 is 0 Å². The summed E-state index contributed by atoms with van der Waals surface area (Å²) in [7, 11) is 0. The van der Waals surface area contributed by atoms with Gasteiger partial charge < -0.3 is 5.32 Å². The Balaban J connectivity index is 2.25. The lowest BCUT2D eigenvalue weighted by Crippen LogP contribution is -2.40. The van der Waals surface area contributed by atoms with Crippen LogP contribution in [0.3, 0.4) is 0 Å². The number of ketones is 1. The molecular formula is C9H11NO2. The molecule has 1 aliphatic carbocycles. The van der Waals surface area contributed by atoms with Gasteiger partial charge in [0.1, 0.15) is 0 Å². The molecule has 2 aliphatic rings. The zero-order valence-electron chi connectivity index (χ0n) is 6.80. The minimum atomic E-state index is -0.149. The van der Waals surface area contributed by atoms with Crippen LogP contribution in [0.5, 0.6) is 0 Å². The van der Waals surface area contributed by atoms with Gasteiger partial charge in [-0.25, -0.2) is 0 Å². The fourth-order valence-corrected chi connectivity index (χ4v) is 1.84. The molecule has 3 nitrogen and oxygen atoms in total. The van der Waals surface area contributed by atoms with Crippen molar-refractivity contribution >= 4 is 11.7 Å². The smallest absolute Gasteiger partial charge is 0.231 e. The Labute approximate surface area is 70.8 Å². The van der Waals surface area contributed by atoms with Crippen LogP contribution in [0.4, 0.5) is 0 Å². The summed E-state index contributed by atoms with van der Waals surface area (Å²) in [6.07, 6.45) is 5.01. The van der Waals surface area contributed by atoms with Crippen molar-refractivity contribution in [2.45, 2.75) is 25.7 Å². The third kappa shape index (κ3) is 1.15. The van der Waals surface area contributed by atoms with Crippen LogP contribution in [-0.2, 0) is 9.59 Å². The van der Waals surface area contributed by atoms with Crippen LogP contribution in [0.1, 0.15) is 25.7 Å². The molecule has 0 aromatic carbocycles. The van der Waals surface area contributed by atoms with Gasteiger partial charge in [-0.15, -0.1) is 0 Å². The second-order valence-corrected chi connectivity index (χ2v) is 3.33. The molecule has 1 aliphatic heterocycles. The van der Waals surface area contributed by atoms with E-state index in [-0.39, 0.29) is 24.0 Å². The Morgan fingerprint density at radius 2 is 2.25 bits per heavy atom. The number of carbonyl (C=O) groups excluding carboxylic acids is 2. The maximum Gasteiger partial charge on any atom is 0.231 e. The molecule has 0 aromatic heterocycles. The SMILES string of the molecule is O=C1CC(=O)C2CCCC=C2N1. The summed E-state index contributed by atoms with van der Waals surface area (Å²) in [5, 5.41) is 2.75. The van der Waals surface area contributed by atoms with E-state index in [2.05, 4.69) is 5.32 Å². The van der Waals surface area contributed by atoms with Gasteiger partial charge in [0.15, 0.2) is 5.78 Å². The van der Waals surface area contributed by atoms with Crippen LogP contribution in [0, 0.1) is 5.92 Å². The summed E-state index contributed by atoms with van der Waals surface area (Å²) in [6, 6.07) is 0. The number of hydrogen-bond donors (Lipinski definition) is 1. The monoisotopic (exact) mass is 165 g/mol. The molecule has 3 heteroatoms. The molecule has 1 atom stereocenters. The molecule has 1 amide bonds. The lowest BCUT2D eigenvalue weighted by Gasteiger charge is -2.27. The Morgan fingerprint density at radius 3 is 3.08 bits per heavy atom. The number of piperidine rings is 1. The quantitative estimate of drug-likeness (QED) is 0.538. The summed E-state index contributed by atoms with van der Waals surface area (Å²) in [6.45, 7) is 0. The van der Waals surface area contributed by atoms with E-state index in [0.717, 1.165) is 25.0 Å². The lowest BCUT2D eigenvalue weighted by molar-refractivity contribution is -0.132. The summed E-state index contributed by atoms with van der Waals surface area (Å²) in [5.74, 6) is -0.0643. The third-order valence-electron chi connectivity index (χ3n) is 2.44. The van der Waals surface area contributed by atoms with Crippen molar-refractivity contribution in [3.05, 3.63) is 11.8 Å². The minimum Gasteiger partial charge on any atom is -0.329 e. The highest BCUT2D eigenvalue weighted by atomic mass is 16.2. The number of nitrogens with one attached hydrogen (secondary N) is 1. The highest BCUT2D eigenvalue weighted by Crippen LogP contribution is 2.27. The molecule has 1 unspecified atom stereocenters. The zero-order valence-corrected chi connectivity index (χ0v) is 6.80. The van der Waals surface area contributed by atoms with E-state index in [9.17, 15) is 9.59 Å². The molecule has 1 N–H and O–H groups in total. The molecule has 2 rings (SSSR count). The second kappa shape index (κ2) is 2.73. The van der Waals surface area contributed by atoms with Gasteiger partial charge in [0.2, 0.25) is 5.91 Å². The van der Waals surface area contributed by atoms with Gasteiger partial charge in [-0.2, -0.15) is 0 Å². The van der Waals surface area contributed by atoms with Gasteiger partial charge in [-0.3, -0.25) is 9.59 Å². The van der Waals surface area contributed by atoms with Crippen molar-refractivity contribution in [2.24, 2.45) is 5.92 Å². The van der Waals surface area contributed by atoms with E-state index >= 15 is 0 Å². The van der Waals surface area contributed by atoms with Crippen LogP contribution in [-0.4, -0.2) is 11.7 Å². The van der Waals surface area contributed by atoms with E-state index in [1.165, 1.54) is 0 Å². The van der Waals surface area contributed by atoms with Crippen molar-refractivity contribution < 1.29 is 9.59 Å². The highest BCUT2D eigenvalue weighted by Gasteiger charge is 2.31. The summed E-state index contributed by atoms with van der Waals surface area (Å²) >= 11 is 0. The number of hydrogen-bond acceptors (Lipinski definition) is 2. The van der Waals surface area contributed by atoms with Gasteiger partial charge in [0, 0.05) is 5.70 Å².